The fraction of sp³-hybridized carbons (Fsp3) is 0.413. The van der Waals surface area contributed by atoms with Crippen molar-refractivity contribution in [3.05, 3.63) is 137 Å². The second-order valence-corrected chi connectivity index (χ2v) is 20.4. The molecule has 2 N–H and O–H groups in total. The van der Waals surface area contributed by atoms with E-state index in [1.54, 1.807) is 17.5 Å². The SMILES string of the molecule is CC12CCC(O)CC13C=CC1(C(C(=O)c4ccc(-c5ccccc5)cc4)=C3)C2CCC2(C)C1CCC2(O)CN(Cc1ccccc1)S(=O)(=O)c1cccs1. The van der Waals surface area contributed by atoms with Gasteiger partial charge in [0.2, 0.25) is 0 Å². The number of sulfonamides is 1. The maximum absolute atomic E-state index is 15.1. The standard InChI is InChI=1S/C46H49NO5S2/c1-42-22-19-36(48)28-44(42)25-26-46(37(29-44)41(49)35-17-15-34(16-18-35)33-12-7-4-8-13-33)38(42)20-23-43(2)39(46)21-24-45(43,50)31-47(30-32-10-5-3-6-11-32)54(51,52)40-14-9-27-53-40/h3-18,25-27,29,36,38-39,48,50H,19-24,28,30-31H2,1-2H3. The first-order valence-electron chi connectivity index (χ1n) is 19.5. The number of carbonyl (C=O) groups excluding carboxylic acids is 1. The Kier molecular flexibility index (Phi) is 8.46. The van der Waals surface area contributed by atoms with Crippen molar-refractivity contribution in [2.45, 2.75) is 81.3 Å². The number of hydrogen-bond acceptors (Lipinski definition) is 6. The van der Waals surface area contributed by atoms with Crippen molar-refractivity contribution in [2.75, 3.05) is 6.54 Å². The van der Waals surface area contributed by atoms with Gasteiger partial charge in [0.15, 0.2) is 5.78 Å². The lowest BCUT2D eigenvalue weighted by atomic mass is 9.32. The van der Waals surface area contributed by atoms with Crippen molar-refractivity contribution in [3.8, 4) is 11.1 Å². The van der Waals surface area contributed by atoms with E-state index in [1.165, 1.54) is 15.6 Å². The van der Waals surface area contributed by atoms with Crippen LogP contribution in [-0.2, 0) is 16.6 Å². The van der Waals surface area contributed by atoms with Gasteiger partial charge in [0, 0.05) is 40.5 Å². The summed E-state index contributed by atoms with van der Waals surface area (Å²) in [5.74, 6) is 0.0654. The summed E-state index contributed by atoms with van der Waals surface area (Å²) in [6.45, 7) is 4.68. The molecule has 0 amide bonds. The fourth-order valence-corrected chi connectivity index (χ4v) is 14.7. The third-order valence-electron chi connectivity index (χ3n) is 14.9. The van der Waals surface area contributed by atoms with E-state index in [2.05, 4.69) is 44.2 Å². The minimum Gasteiger partial charge on any atom is -0.393 e. The fourth-order valence-electron chi connectivity index (χ4n) is 12.0. The molecular weight excluding hydrogens is 711 g/mol. The lowest BCUT2D eigenvalue weighted by molar-refractivity contribution is -0.173. The summed E-state index contributed by atoms with van der Waals surface area (Å²) in [5.41, 5.74) is 1.20. The number of carbonyl (C=O) groups is 1. The molecule has 1 aromatic heterocycles. The number of aliphatic hydroxyl groups is 2. The second-order valence-electron chi connectivity index (χ2n) is 17.3. The molecule has 10 rings (SSSR count). The molecule has 4 aromatic rings. The number of hydrogen-bond donors (Lipinski definition) is 2. The Morgan fingerprint density at radius 2 is 1.44 bits per heavy atom. The maximum atomic E-state index is 15.1. The van der Waals surface area contributed by atoms with Gasteiger partial charge in [-0.3, -0.25) is 4.79 Å². The Morgan fingerprint density at radius 1 is 0.796 bits per heavy atom. The minimum atomic E-state index is -3.91. The Labute approximate surface area is 323 Å². The number of aliphatic hydroxyl groups excluding tert-OH is 1. The predicted molar refractivity (Wildman–Crippen MR) is 213 cm³/mol. The Balaban J connectivity index is 1.13. The van der Waals surface area contributed by atoms with Gasteiger partial charge in [0.25, 0.3) is 10.0 Å². The van der Waals surface area contributed by atoms with E-state index < -0.39 is 38.0 Å². The highest BCUT2D eigenvalue weighted by molar-refractivity contribution is 7.91. The number of allylic oxidation sites excluding steroid dienone is 4. The van der Waals surface area contributed by atoms with Crippen molar-refractivity contribution in [2.24, 2.45) is 33.5 Å². The molecule has 3 fully saturated rings. The first kappa shape index (κ1) is 36.0. The van der Waals surface area contributed by atoms with Crippen LogP contribution in [0.3, 0.4) is 0 Å². The molecule has 6 nitrogen and oxygen atoms in total. The number of benzene rings is 3. The molecule has 6 aliphatic rings. The largest absolute Gasteiger partial charge is 0.393 e. The zero-order valence-electron chi connectivity index (χ0n) is 31.0. The molecule has 1 heterocycles. The van der Waals surface area contributed by atoms with Crippen LogP contribution < -0.4 is 0 Å². The number of Topliss-reactive ketones (excluding diaryl/α,β-unsaturated/α-hetero) is 1. The van der Waals surface area contributed by atoms with Crippen LogP contribution in [0.1, 0.15) is 74.7 Å². The molecule has 0 aliphatic heterocycles. The van der Waals surface area contributed by atoms with Crippen LogP contribution >= 0.6 is 11.3 Å². The van der Waals surface area contributed by atoms with E-state index in [4.69, 9.17) is 0 Å². The Hall–Kier alpha value is -3.66. The molecule has 54 heavy (non-hydrogen) atoms. The van der Waals surface area contributed by atoms with Crippen LogP contribution in [-0.4, -0.2) is 47.0 Å². The summed E-state index contributed by atoms with van der Waals surface area (Å²) in [6, 6.07) is 31.1. The summed E-state index contributed by atoms with van der Waals surface area (Å²) in [7, 11) is -3.91. The topological polar surface area (TPSA) is 94.9 Å². The van der Waals surface area contributed by atoms with Gasteiger partial charge in [-0.15, -0.1) is 11.3 Å². The van der Waals surface area contributed by atoms with Gasteiger partial charge in [0.05, 0.1) is 11.7 Å². The highest BCUT2D eigenvalue weighted by Crippen LogP contribution is 2.78. The van der Waals surface area contributed by atoms with Gasteiger partial charge in [-0.1, -0.05) is 123 Å². The van der Waals surface area contributed by atoms with E-state index in [0.29, 0.717) is 24.8 Å². The van der Waals surface area contributed by atoms with Crippen LogP contribution in [0.4, 0.5) is 0 Å². The third-order valence-corrected chi connectivity index (χ3v) is 18.1. The molecule has 0 radical (unpaired) electrons. The monoisotopic (exact) mass is 759 g/mol. The maximum Gasteiger partial charge on any atom is 0.252 e. The van der Waals surface area contributed by atoms with E-state index in [0.717, 1.165) is 47.9 Å². The van der Waals surface area contributed by atoms with E-state index in [9.17, 15) is 18.6 Å². The molecule has 2 spiro atoms. The van der Waals surface area contributed by atoms with Crippen LogP contribution in [0.5, 0.6) is 0 Å². The number of thiophene rings is 1. The average molecular weight is 760 g/mol. The summed E-state index contributed by atoms with van der Waals surface area (Å²) < 4.78 is 30.4. The zero-order chi connectivity index (χ0) is 37.6. The third kappa shape index (κ3) is 5.13. The second kappa shape index (κ2) is 12.7. The van der Waals surface area contributed by atoms with Gasteiger partial charge in [0.1, 0.15) is 4.21 Å². The van der Waals surface area contributed by atoms with Crippen molar-refractivity contribution >= 4 is 27.1 Å². The van der Waals surface area contributed by atoms with Crippen LogP contribution in [0.2, 0.25) is 0 Å². The van der Waals surface area contributed by atoms with E-state index >= 15 is 4.79 Å². The van der Waals surface area contributed by atoms with Gasteiger partial charge >= 0.3 is 0 Å². The molecule has 280 valence electrons. The molecule has 3 aromatic carbocycles. The Bertz CT molecular complexity index is 2240. The first-order chi connectivity index (χ1) is 25.9. The highest BCUT2D eigenvalue weighted by Gasteiger charge is 2.74. The zero-order valence-corrected chi connectivity index (χ0v) is 32.7. The van der Waals surface area contributed by atoms with Gasteiger partial charge in [-0.05, 0) is 90.3 Å². The summed E-state index contributed by atoms with van der Waals surface area (Å²) in [5, 5.41) is 26.0. The number of fused-ring (bicyclic) bond motifs is 1. The smallest absolute Gasteiger partial charge is 0.252 e. The molecule has 2 bridgehead atoms. The van der Waals surface area contributed by atoms with Crippen LogP contribution in [0.25, 0.3) is 11.1 Å². The lowest BCUT2D eigenvalue weighted by Crippen LogP contribution is -2.67. The normalized spacial score (nSPS) is 35.3. The predicted octanol–water partition coefficient (Wildman–Crippen LogP) is 9.08. The average Bonchev–Trinajstić information content (AvgIpc) is 3.82. The van der Waals surface area contributed by atoms with Crippen LogP contribution in [0, 0.1) is 33.5 Å². The number of rotatable bonds is 9. The molecule has 8 unspecified atom stereocenters. The first-order valence-corrected chi connectivity index (χ1v) is 21.8. The van der Waals surface area contributed by atoms with Crippen molar-refractivity contribution in [3.63, 3.8) is 0 Å². The molecule has 8 atom stereocenters. The minimum absolute atomic E-state index is 0.0103. The quantitative estimate of drug-likeness (QED) is 0.131. The number of ketones is 1. The van der Waals surface area contributed by atoms with Crippen molar-refractivity contribution in [1.82, 2.24) is 4.31 Å². The number of nitrogens with zero attached hydrogens (tertiary/aromatic N) is 1. The molecule has 0 saturated heterocycles. The van der Waals surface area contributed by atoms with Gasteiger partial charge in [-0.2, -0.15) is 4.31 Å². The molecule has 3 saturated carbocycles. The summed E-state index contributed by atoms with van der Waals surface area (Å²) in [4.78, 5) is 15.1. The van der Waals surface area contributed by atoms with E-state index in [1.807, 2.05) is 72.8 Å². The van der Waals surface area contributed by atoms with E-state index in [-0.39, 0.29) is 40.3 Å². The van der Waals surface area contributed by atoms with Crippen molar-refractivity contribution < 1.29 is 23.4 Å². The Morgan fingerprint density at radius 3 is 2.15 bits per heavy atom. The van der Waals surface area contributed by atoms with Gasteiger partial charge < -0.3 is 10.2 Å². The summed E-state index contributed by atoms with van der Waals surface area (Å²) >= 11 is 1.20. The molecule has 8 heteroatoms. The molecule has 6 aliphatic carbocycles. The lowest BCUT2D eigenvalue weighted by Gasteiger charge is -2.71. The van der Waals surface area contributed by atoms with Gasteiger partial charge in [-0.25, -0.2) is 8.42 Å². The molecular formula is C46H49NO5S2. The highest BCUT2D eigenvalue weighted by atomic mass is 32.2. The van der Waals surface area contributed by atoms with Crippen molar-refractivity contribution in [1.29, 1.82) is 0 Å². The summed E-state index contributed by atoms with van der Waals surface area (Å²) in [6.07, 6.45) is 11.3. The van der Waals surface area contributed by atoms with Crippen LogP contribution in [0.15, 0.2) is 130 Å².